The lowest BCUT2D eigenvalue weighted by Gasteiger charge is -2.27. The lowest BCUT2D eigenvalue weighted by Crippen LogP contribution is -2.41. The first kappa shape index (κ1) is 17.4. The van der Waals surface area contributed by atoms with Crippen molar-refractivity contribution >= 4 is 0 Å². The molecule has 0 radical (unpaired) electrons. The highest BCUT2D eigenvalue weighted by Crippen LogP contribution is 2.16. The van der Waals surface area contributed by atoms with Gasteiger partial charge in [-0.3, -0.25) is 0 Å². The van der Waals surface area contributed by atoms with Crippen molar-refractivity contribution in [1.82, 2.24) is 10.2 Å². The summed E-state index contributed by atoms with van der Waals surface area (Å²) in [6, 6.07) is 2.43. The van der Waals surface area contributed by atoms with Crippen LogP contribution in [0.15, 0.2) is 0 Å². The Kier molecular flexibility index (Phi) is 9.05. The molecule has 3 nitrogen and oxygen atoms in total. The van der Waals surface area contributed by atoms with Gasteiger partial charge >= 0.3 is 0 Å². The van der Waals surface area contributed by atoms with Crippen molar-refractivity contribution in [1.29, 1.82) is 5.26 Å². The smallest absolute Gasteiger partial charge is 0.106 e. The van der Waals surface area contributed by atoms with E-state index in [0.29, 0.717) is 0 Å². The van der Waals surface area contributed by atoms with E-state index in [-0.39, 0.29) is 5.54 Å². The van der Waals surface area contributed by atoms with Gasteiger partial charge in [0.05, 0.1) is 6.07 Å². The lowest BCUT2D eigenvalue weighted by atomic mass is 9.92. The summed E-state index contributed by atoms with van der Waals surface area (Å²) in [4.78, 5) is 2.50. The van der Waals surface area contributed by atoms with Gasteiger partial charge in [-0.15, -0.1) is 0 Å². The Morgan fingerprint density at radius 2 is 2.00 bits per heavy atom. The maximum atomic E-state index is 9.26. The molecule has 0 aliphatic heterocycles. The third-order valence-corrected chi connectivity index (χ3v) is 4.09. The summed E-state index contributed by atoms with van der Waals surface area (Å²) in [7, 11) is 1.89. The van der Waals surface area contributed by atoms with E-state index >= 15 is 0 Å². The fourth-order valence-electron chi connectivity index (χ4n) is 2.22. The second-order valence-corrected chi connectivity index (χ2v) is 5.31. The molecule has 2 unspecified atom stereocenters. The van der Waals surface area contributed by atoms with Crippen molar-refractivity contribution in [2.45, 2.75) is 58.9 Å². The third-order valence-electron chi connectivity index (χ3n) is 4.09. The highest BCUT2D eigenvalue weighted by molar-refractivity contribution is 5.05. The Balaban J connectivity index is 4.10. The maximum absolute atomic E-state index is 9.26. The molecule has 18 heavy (non-hydrogen) atoms. The van der Waals surface area contributed by atoms with E-state index < -0.39 is 0 Å². The molecule has 0 aromatic heterocycles. The van der Waals surface area contributed by atoms with Crippen LogP contribution in [0.5, 0.6) is 0 Å². The van der Waals surface area contributed by atoms with Crippen molar-refractivity contribution < 1.29 is 0 Å². The fraction of sp³-hybridized carbons (Fsp3) is 0.933. The van der Waals surface area contributed by atoms with E-state index in [9.17, 15) is 5.26 Å². The number of rotatable bonds is 10. The van der Waals surface area contributed by atoms with Gasteiger partial charge in [0.25, 0.3) is 0 Å². The Labute approximate surface area is 114 Å². The van der Waals surface area contributed by atoms with Crippen molar-refractivity contribution in [3.05, 3.63) is 0 Å². The zero-order valence-corrected chi connectivity index (χ0v) is 12.9. The normalized spacial score (nSPS) is 16.3. The number of hydrogen-bond acceptors (Lipinski definition) is 3. The van der Waals surface area contributed by atoms with Gasteiger partial charge in [-0.1, -0.05) is 34.1 Å². The molecule has 1 N–H and O–H groups in total. The summed E-state index contributed by atoms with van der Waals surface area (Å²) in [6.07, 6.45) is 4.14. The van der Waals surface area contributed by atoms with Crippen LogP contribution >= 0.6 is 0 Å². The molecular formula is C15H31N3. The van der Waals surface area contributed by atoms with Crippen LogP contribution in [-0.4, -0.2) is 37.1 Å². The summed E-state index contributed by atoms with van der Waals surface area (Å²) in [6.45, 7) is 12.2. The zero-order valence-electron chi connectivity index (χ0n) is 12.9. The summed E-state index contributed by atoms with van der Waals surface area (Å²) in [5.74, 6) is 0.765. The molecule has 0 rings (SSSR count). The molecule has 0 aromatic rings. The largest absolute Gasteiger partial charge is 0.303 e. The van der Waals surface area contributed by atoms with Crippen molar-refractivity contribution in [3.63, 3.8) is 0 Å². The molecule has 0 spiro atoms. The van der Waals surface area contributed by atoms with Crippen LogP contribution in [0.1, 0.15) is 53.4 Å². The van der Waals surface area contributed by atoms with Crippen molar-refractivity contribution in [2.24, 2.45) is 5.92 Å². The van der Waals surface area contributed by atoms with Crippen LogP contribution in [-0.2, 0) is 0 Å². The predicted molar refractivity (Wildman–Crippen MR) is 78.5 cm³/mol. The second kappa shape index (κ2) is 9.35. The first-order valence-electron chi connectivity index (χ1n) is 7.39. The molecule has 106 valence electrons. The second-order valence-electron chi connectivity index (χ2n) is 5.31. The zero-order chi connectivity index (χ0) is 14.0. The van der Waals surface area contributed by atoms with Gasteiger partial charge in [0.2, 0.25) is 0 Å². The lowest BCUT2D eigenvalue weighted by molar-refractivity contribution is 0.232. The van der Waals surface area contributed by atoms with E-state index in [1.165, 1.54) is 13.0 Å². The topological polar surface area (TPSA) is 39.1 Å². The van der Waals surface area contributed by atoms with Gasteiger partial charge in [-0.05, 0) is 45.3 Å². The molecule has 0 saturated carbocycles. The first-order chi connectivity index (χ1) is 8.57. The van der Waals surface area contributed by atoms with Crippen LogP contribution < -0.4 is 5.32 Å². The minimum atomic E-state index is -0.324. The third kappa shape index (κ3) is 5.84. The summed E-state index contributed by atoms with van der Waals surface area (Å²) in [5.41, 5.74) is -0.324. The molecule has 2 atom stereocenters. The van der Waals surface area contributed by atoms with Gasteiger partial charge < -0.3 is 10.2 Å². The molecule has 0 aliphatic carbocycles. The maximum Gasteiger partial charge on any atom is 0.106 e. The SMILES string of the molecule is CCC(C)CN(CC)CCCC(C#N)(CC)NC. The number of nitrogens with one attached hydrogen (secondary N) is 1. The molecule has 0 heterocycles. The molecular weight excluding hydrogens is 222 g/mol. The molecule has 0 bridgehead atoms. The minimum absolute atomic E-state index is 0.324. The van der Waals surface area contributed by atoms with Crippen LogP contribution in [0, 0.1) is 17.2 Å². The predicted octanol–water partition coefficient (Wildman–Crippen LogP) is 3.03. The van der Waals surface area contributed by atoms with Crippen molar-refractivity contribution in [2.75, 3.05) is 26.7 Å². The van der Waals surface area contributed by atoms with Gasteiger partial charge in [-0.2, -0.15) is 5.26 Å². The highest BCUT2D eigenvalue weighted by atomic mass is 15.1. The van der Waals surface area contributed by atoms with E-state index in [2.05, 4.69) is 44.0 Å². The van der Waals surface area contributed by atoms with Crippen molar-refractivity contribution in [3.8, 4) is 6.07 Å². The quantitative estimate of drug-likeness (QED) is 0.650. The Hall–Kier alpha value is -0.590. The van der Waals surface area contributed by atoms with Gasteiger partial charge in [0.1, 0.15) is 5.54 Å². The van der Waals surface area contributed by atoms with E-state index in [1.54, 1.807) is 0 Å². The van der Waals surface area contributed by atoms with Crippen LogP contribution in [0.3, 0.4) is 0 Å². The fourth-order valence-corrected chi connectivity index (χ4v) is 2.22. The number of nitriles is 1. The van der Waals surface area contributed by atoms with Crippen LogP contribution in [0.2, 0.25) is 0 Å². The molecule has 3 heteroatoms. The minimum Gasteiger partial charge on any atom is -0.303 e. The van der Waals surface area contributed by atoms with Gasteiger partial charge in [0.15, 0.2) is 0 Å². The van der Waals surface area contributed by atoms with E-state index in [0.717, 1.165) is 38.3 Å². The molecule has 0 amide bonds. The van der Waals surface area contributed by atoms with Crippen LogP contribution in [0.4, 0.5) is 0 Å². The van der Waals surface area contributed by atoms with Gasteiger partial charge in [-0.25, -0.2) is 0 Å². The molecule has 0 saturated heterocycles. The average molecular weight is 253 g/mol. The molecule has 0 aliphatic rings. The average Bonchev–Trinajstić information content (AvgIpc) is 2.42. The summed E-state index contributed by atoms with van der Waals surface area (Å²) < 4.78 is 0. The summed E-state index contributed by atoms with van der Waals surface area (Å²) in [5, 5.41) is 12.4. The molecule has 0 aromatic carbocycles. The van der Waals surface area contributed by atoms with Crippen LogP contribution in [0.25, 0.3) is 0 Å². The standard InChI is InChI=1S/C15H31N3/c1-6-14(4)12-18(8-3)11-9-10-15(7-2,13-16)17-5/h14,17H,6-12H2,1-5H3. The Morgan fingerprint density at radius 1 is 1.33 bits per heavy atom. The van der Waals surface area contributed by atoms with E-state index in [1.807, 2.05) is 7.05 Å². The van der Waals surface area contributed by atoms with Gasteiger partial charge in [0, 0.05) is 6.54 Å². The highest BCUT2D eigenvalue weighted by Gasteiger charge is 2.25. The monoisotopic (exact) mass is 253 g/mol. The summed E-state index contributed by atoms with van der Waals surface area (Å²) >= 11 is 0. The molecule has 0 fully saturated rings. The Bertz CT molecular complexity index is 241. The Morgan fingerprint density at radius 3 is 2.39 bits per heavy atom. The number of nitrogens with zero attached hydrogens (tertiary/aromatic N) is 2. The van der Waals surface area contributed by atoms with E-state index in [4.69, 9.17) is 0 Å². The first-order valence-corrected chi connectivity index (χ1v) is 7.39. The number of hydrogen-bond donors (Lipinski definition) is 1.